The number of aliphatic imine (C=N–C) groups is 1. The third-order valence-corrected chi connectivity index (χ3v) is 2.72. The van der Waals surface area contributed by atoms with Crippen molar-refractivity contribution in [1.29, 1.82) is 0 Å². The van der Waals surface area contributed by atoms with Crippen molar-refractivity contribution in [2.75, 3.05) is 20.3 Å². The van der Waals surface area contributed by atoms with E-state index in [1.165, 1.54) is 0 Å². The van der Waals surface area contributed by atoms with Gasteiger partial charge >= 0.3 is 0 Å². The van der Waals surface area contributed by atoms with Crippen LogP contribution in [-0.2, 0) is 9.47 Å². The fraction of sp³-hybridized carbons (Fsp3) is 0.909. The highest BCUT2D eigenvalue weighted by atomic mass is 16.5. The summed E-state index contributed by atoms with van der Waals surface area (Å²) in [6.07, 6.45) is 2.31. The molecule has 0 aromatic heterocycles. The number of hydrogen-bond acceptors (Lipinski definition) is 4. The summed E-state index contributed by atoms with van der Waals surface area (Å²) in [5.41, 5.74) is 2.58. The van der Waals surface area contributed by atoms with Crippen molar-refractivity contribution >= 4 is 5.96 Å². The molecule has 1 fully saturated rings. The molecule has 1 rings (SSSR count). The summed E-state index contributed by atoms with van der Waals surface area (Å²) in [6, 6.07) is 0.484. The minimum atomic E-state index is 0.178. The minimum Gasteiger partial charge on any atom is -0.383 e. The van der Waals surface area contributed by atoms with Crippen LogP contribution in [-0.4, -0.2) is 44.5 Å². The molecule has 0 aromatic carbocycles. The van der Waals surface area contributed by atoms with Gasteiger partial charge in [0.1, 0.15) is 0 Å². The molecule has 6 heteroatoms. The Balaban J connectivity index is 2.30. The number of methoxy groups -OCH3 is 1. The van der Waals surface area contributed by atoms with Crippen molar-refractivity contribution in [3.05, 3.63) is 0 Å². The standard InChI is InChI=1S/C11H24N4O2/c1-4-17-10-5-9(6-10)14-11(15-12)13-8(2)7-16-3/h8-10H,4-7,12H2,1-3H3,(H2,13,14,15). The van der Waals surface area contributed by atoms with Gasteiger partial charge in [0.15, 0.2) is 0 Å². The van der Waals surface area contributed by atoms with Gasteiger partial charge in [0.25, 0.3) is 0 Å². The van der Waals surface area contributed by atoms with Gasteiger partial charge in [-0.25, -0.2) is 10.8 Å². The Morgan fingerprint density at radius 1 is 1.53 bits per heavy atom. The molecule has 1 saturated carbocycles. The lowest BCUT2D eigenvalue weighted by atomic mass is 9.90. The molecule has 0 bridgehead atoms. The van der Waals surface area contributed by atoms with Crippen molar-refractivity contribution in [3.8, 4) is 0 Å². The first-order valence-electron chi connectivity index (χ1n) is 6.11. The first-order chi connectivity index (χ1) is 8.19. The summed E-state index contributed by atoms with van der Waals surface area (Å²) in [4.78, 5) is 4.49. The molecule has 4 N–H and O–H groups in total. The van der Waals surface area contributed by atoms with Crippen LogP contribution in [0.2, 0.25) is 0 Å². The molecule has 0 saturated heterocycles. The van der Waals surface area contributed by atoms with E-state index < -0.39 is 0 Å². The number of nitrogens with one attached hydrogen (secondary N) is 2. The van der Waals surface area contributed by atoms with Gasteiger partial charge in [-0.05, 0) is 26.7 Å². The second-order valence-corrected chi connectivity index (χ2v) is 4.33. The number of ether oxygens (including phenoxy) is 2. The van der Waals surface area contributed by atoms with Gasteiger partial charge in [0.05, 0.1) is 18.8 Å². The maximum Gasteiger partial charge on any atom is 0.206 e. The Labute approximate surface area is 103 Å². The Morgan fingerprint density at radius 2 is 2.24 bits per heavy atom. The highest BCUT2D eigenvalue weighted by Gasteiger charge is 2.29. The van der Waals surface area contributed by atoms with Crippen molar-refractivity contribution in [1.82, 2.24) is 10.7 Å². The molecular weight excluding hydrogens is 220 g/mol. The molecule has 1 aliphatic rings. The number of guanidine groups is 1. The third-order valence-electron chi connectivity index (χ3n) is 2.72. The summed E-state index contributed by atoms with van der Waals surface area (Å²) in [5.74, 6) is 6.04. The van der Waals surface area contributed by atoms with Gasteiger partial charge < -0.3 is 14.8 Å². The molecule has 0 amide bonds. The van der Waals surface area contributed by atoms with Gasteiger partial charge in [0.2, 0.25) is 5.96 Å². The Bertz CT molecular complexity index is 242. The molecule has 0 aliphatic heterocycles. The lowest BCUT2D eigenvalue weighted by molar-refractivity contribution is -0.000843. The fourth-order valence-corrected chi connectivity index (χ4v) is 1.84. The largest absolute Gasteiger partial charge is 0.383 e. The molecule has 0 heterocycles. The second-order valence-electron chi connectivity index (χ2n) is 4.33. The molecule has 0 spiro atoms. The zero-order valence-electron chi connectivity index (χ0n) is 10.9. The van der Waals surface area contributed by atoms with Crippen molar-refractivity contribution in [3.63, 3.8) is 0 Å². The van der Waals surface area contributed by atoms with E-state index in [1.807, 2.05) is 13.8 Å². The van der Waals surface area contributed by atoms with E-state index in [2.05, 4.69) is 15.7 Å². The lowest BCUT2D eigenvalue weighted by Crippen LogP contribution is -2.48. The molecular formula is C11H24N4O2. The third kappa shape index (κ3) is 4.89. The van der Waals surface area contributed by atoms with Gasteiger partial charge in [-0.15, -0.1) is 0 Å². The number of nitrogens with zero attached hydrogens (tertiary/aromatic N) is 1. The number of hydrazine groups is 1. The molecule has 0 radical (unpaired) electrons. The summed E-state index contributed by atoms with van der Waals surface area (Å²) < 4.78 is 10.5. The molecule has 1 aliphatic carbocycles. The zero-order valence-corrected chi connectivity index (χ0v) is 10.9. The summed E-state index contributed by atoms with van der Waals surface area (Å²) >= 11 is 0. The van der Waals surface area contributed by atoms with Crippen molar-refractivity contribution in [2.24, 2.45) is 10.8 Å². The fourth-order valence-electron chi connectivity index (χ4n) is 1.84. The van der Waals surface area contributed by atoms with Gasteiger partial charge in [-0.1, -0.05) is 0 Å². The van der Waals surface area contributed by atoms with Crippen LogP contribution in [0.25, 0.3) is 0 Å². The molecule has 6 nitrogen and oxygen atoms in total. The Morgan fingerprint density at radius 3 is 2.76 bits per heavy atom. The molecule has 17 heavy (non-hydrogen) atoms. The van der Waals surface area contributed by atoms with Crippen LogP contribution in [0.15, 0.2) is 4.99 Å². The van der Waals surface area contributed by atoms with Crippen LogP contribution in [0.1, 0.15) is 26.7 Å². The molecule has 1 atom stereocenters. The van der Waals surface area contributed by atoms with Crippen molar-refractivity contribution < 1.29 is 9.47 Å². The van der Waals surface area contributed by atoms with Crippen LogP contribution in [0.4, 0.5) is 0 Å². The quantitative estimate of drug-likeness (QED) is 0.265. The van der Waals surface area contributed by atoms with Crippen LogP contribution in [0.3, 0.4) is 0 Å². The number of rotatable bonds is 6. The van der Waals surface area contributed by atoms with E-state index in [1.54, 1.807) is 7.11 Å². The highest BCUT2D eigenvalue weighted by molar-refractivity contribution is 5.79. The summed E-state index contributed by atoms with van der Waals surface area (Å²) in [5, 5.41) is 3.16. The van der Waals surface area contributed by atoms with Crippen LogP contribution >= 0.6 is 0 Å². The van der Waals surface area contributed by atoms with Gasteiger partial charge in [0, 0.05) is 19.8 Å². The van der Waals surface area contributed by atoms with Crippen LogP contribution in [0.5, 0.6) is 0 Å². The van der Waals surface area contributed by atoms with E-state index in [0.29, 0.717) is 24.7 Å². The van der Waals surface area contributed by atoms with Crippen LogP contribution < -0.4 is 16.6 Å². The topological polar surface area (TPSA) is 80.9 Å². The van der Waals surface area contributed by atoms with E-state index >= 15 is 0 Å². The monoisotopic (exact) mass is 244 g/mol. The normalized spacial score (nSPS) is 26.2. The maximum absolute atomic E-state index is 5.48. The molecule has 0 aromatic rings. The van der Waals surface area contributed by atoms with E-state index in [-0.39, 0.29) is 6.04 Å². The highest BCUT2D eigenvalue weighted by Crippen LogP contribution is 2.26. The summed E-state index contributed by atoms with van der Waals surface area (Å²) in [7, 11) is 1.67. The first-order valence-corrected chi connectivity index (χ1v) is 6.11. The second kappa shape index (κ2) is 7.47. The van der Waals surface area contributed by atoms with Crippen LogP contribution in [0, 0.1) is 0 Å². The van der Waals surface area contributed by atoms with Gasteiger partial charge in [-0.2, -0.15) is 0 Å². The predicted octanol–water partition coefficient (Wildman–Crippen LogP) is -0.00230. The smallest absolute Gasteiger partial charge is 0.206 e. The zero-order chi connectivity index (χ0) is 12.7. The predicted molar refractivity (Wildman–Crippen MR) is 67.7 cm³/mol. The summed E-state index contributed by atoms with van der Waals surface area (Å²) in [6.45, 7) is 5.41. The number of nitrogens with two attached hydrogens (primary N) is 1. The minimum absolute atomic E-state index is 0.178. The van der Waals surface area contributed by atoms with E-state index in [0.717, 1.165) is 19.4 Å². The Hall–Kier alpha value is -0.850. The average molecular weight is 244 g/mol. The SMILES string of the molecule is CCOC1CC(N=C(NN)NC(C)COC)C1. The average Bonchev–Trinajstić information content (AvgIpc) is 2.25. The molecule has 1 unspecified atom stereocenters. The van der Waals surface area contributed by atoms with E-state index in [9.17, 15) is 0 Å². The first kappa shape index (κ1) is 14.2. The molecule has 100 valence electrons. The maximum atomic E-state index is 5.48. The Kier molecular flexibility index (Phi) is 6.25. The van der Waals surface area contributed by atoms with E-state index in [4.69, 9.17) is 15.3 Å². The van der Waals surface area contributed by atoms with Crippen molar-refractivity contribution in [2.45, 2.75) is 44.9 Å². The van der Waals surface area contributed by atoms with Gasteiger partial charge in [-0.3, -0.25) is 5.43 Å². The number of hydrogen-bond donors (Lipinski definition) is 3. The lowest BCUT2D eigenvalue weighted by Gasteiger charge is -2.32.